The van der Waals surface area contributed by atoms with Crippen LogP contribution in [0.2, 0.25) is 0 Å². The van der Waals surface area contributed by atoms with E-state index in [1.54, 1.807) is 0 Å². The maximum absolute atomic E-state index is 13.2. The lowest BCUT2D eigenvalue weighted by Gasteiger charge is -2.31. The molecule has 1 aliphatic rings. The minimum Gasteiger partial charge on any atom is -0.462 e. The Morgan fingerprint density at radius 2 is 1.43 bits per heavy atom. The number of halogens is 8. The van der Waals surface area contributed by atoms with Crippen LogP contribution in [0.15, 0.2) is 0 Å². The van der Waals surface area contributed by atoms with Crippen LogP contribution >= 0.6 is 0 Å². The maximum Gasteiger partial charge on any atom is 0.381 e. The molecule has 4 nitrogen and oxygen atoms in total. The summed E-state index contributed by atoms with van der Waals surface area (Å²) in [7, 11) is 0. The van der Waals surface area contributed by atoms with Gasteiger partial charge in [-0.2, -0.15) is 26.3 Å². The monoisotopic (exact) mass is 428 g/mol. The molecule has 0 saturated heterocycles. The van der Waals surface area contributed by atoms with Gasteiger partial charge in [0.05, 0.1) is 12.8 Å². The molecule has 0 radical (unpaired) electrons. The van der Waals surface area contributed by atoms with Gasteiger partial charge in [0.25, 0.3) is 0 Å². The molecule has 0 amide bonds. The lowest BCUT2D eigenvalue weighted by atomic mass is 9.89. The van der Waals surface area contributed by atoms with Crippen molar-refractivity contribution in [1.29, 1.82) is 0 Å². The van der Waals surface area contributed by atoms with Gasteiger partial charge in [-0.1, -0.05) is 6.92 Å². The fourth-order valence-corrected chi connectivity index (χ4v) is 2.51. The molecule has 0 spiro atoms. The summed E-state index contributed by atoms with van der Waals surface area (Å²) in [6.45, 7) is -0.513. The van der Waals surface area contributed by atoms with Crippen LogP contribution in [0, 0.1) is 5.92 Å². The Morgan fingerprint density at radius 1 is 0.929 bits per heavy atom. The summed E-state index contributed by atoms with van der Waals surface area (Å²) in [4.78, 5) is 22.9. The number of carbonyl (C=O) groups is 2. The Morgan fingerprint density at radius 3 is 1.93 bits per heavy atom. The van der Waals surface area contributed by atoms with Gasteiger partial charge in [-0.15, -0.1) is 0 Å². The molecule has 1 fully saturated rings. The van der Waals surface area contributed by atoms with Crippen molar-refractivity contribution in [3.8, 4) is 0 Å². The Labute approximate surface area is 155 Å². The van der Waals surface area contributed by atoms with Crippen LogP contribution in [0.25, 0.3) is 0 Å². The van der Waals surface area contributed by atoms with Gasteiger partial charge in [0.15, 0.2) is 6.61 Å². The molecule has 0 aromatic rings. The van der Waals surface area contributed by atoms with E-state index in [1.807, 2.05) is 6.92 Å². The van der Waals surface area contributed by atoms with Crippen molar-refractivity contribution in [2.75, 3.05) is 6.61 Å². The van der Waals surface area contributed by atoms with Crippen molar-refractivity contribution in [1.82, 2.24) is 0 Å². The van der Waals surface area contributed by atoms with E-state index in [0.29, 0.717) is 18.8 Å². The molecule has 0 aliphatic heterocycles. The second-order valence-corrected chi connectivity index (χ2v) is 6.73. The number of hydrogen-bond acceptors (Lipinski definition) is 4. The predicted octanol–water partition coefficient (Wildman–Crippen LogP) is 4.60. The number of carbonyl (C=O) groups excluding carboxylic acids is 2. The SMILES string of the molecule is CC1CCC(OC(=O)CCC(=O)OCC(F)(F)C(F)(F)C(F)(F)C(F)F)CC1. The van der Waals surface area contributed by atoms with Gasteiger partial charge in [0, 0.05) is 0 Å². The summed E-state index contributed by atoms with van der Waals surface area (Å²) in [6, 6.07) is 0. The third-order valence-corrected chi connectivity index (χ3v) is 4.36. The summed E-state index contributed by atoms with van der Waals surface area (Å²) >= 11 is 0. The van der Waals surface area contributed by atoms with E-state index in [4.69, 9.17) is 4.74 Å². The summed E-state index contributed by atoms with van der Waals surface area (Å²) < 4.78 is 111. The van der Waals surface area contributed by atoms with Gasteiger partial charge in [-0.3, -0.25) is 9.59 Å². The highest BCUT2D eigenvalue weighted by Gasteiger charge is 2.75. The largest absolute Gasteiger partial charge is 0.462 e. The quantitative estimate of drug-likeness (QED) is 0.398. The predicted molar refractivity (Wildman–Crippen MR) is 78.6 cm³/mol. The first kappa shape index (κ1) is 24.4. The van der Waals surface area contributed by atoms with Crippen molar-refractivity contribution in [2.45, 2.75) is 75.7 Å². The van der Waals surface area contributed by atoms with E-state index in [0.717, 1.165) is 12.8 Å². The summed E-state index contributed by atoms with van der Waals surface area (Å²) in [6.07, 6.45) is -3.90. The number of hydrogen-bond donors (Lipinski definition) is 0. The molecule has 0 aromatic carbocycles. The standard InChI is InChI=1S/C16H20F8O4/c1-9-2-4-10(5-3-9)28-12(26)7-6-11(25)27-8-14(19,20)16(23,24)15(21,22)13(17)18/h9-10,13H,2-8H2,1H3. The van der Waals surface area contributed by atoms with E-state index in [9.17, 15) is 44.7 Å². The second-order valence-electron chi connectivity index (χ2n) is 6.73. The number of esters is 2. The van der Waals surface area contributed by atoms with Gasteiger partial charge < -0.3 is 9.47 Å². The molecular weight excluding hydrogens is 408 g/mol. The fraction of sp³-hybridized carbons (Fsp3) is 0.875. The van der Waals surface area contributed by atoms with Crippen LogP contribution in [-0.4, -0.2) is 48.8 Å². The molecule has 0 bridgehead atoms. The van der Waals surface area contributed by atoms with Crippen LogP contribution in [0.5, 0.6) is 0 Å². The van der Waals surface area contributed by atoms with Crippen LogP contribution in [0.4, 0.5) is 35.1 Å². The van der Waals surface area contributed by atoms with Gasteiger partial charge in [-0.05, 0) is 31.6 Å². The van der Waals surface area contributed by atoms with Crippen LogP contribution in [-0.2, 0) is 19.1 Å². The zero-order valence-corrected chi connectivity index (χ0v) is 14.8. The molecule has 0 aromatic heterocycles. The zero-order chi connectivity index (χ0) is 21.8. The maximum atomic E-state index is 13.2. The minimum atomic E-state index is -6.45. The van der Waals surface area contributed by atoms with E-state index in [2.05, 4.69) is 4.74 Å². The first-order valence-electron chi connectivity index (χ1n) is 8.47. The van der Waals surface area contributed by atoms with Crippen molar-refractivity contribution < 1.29 is 54.2 Å². The van der Waals surface area contributed by atoms with E-state index >= 15 is 0 Å². The smallest absolute Gasteiger partial charge is 0.381 e. The average Bonchev–Trinajstić information content (AvgIpc) is 2.59. The van der Waals surface area contributed by atoms with Crippen LogP contribution < -0.4 is 0 Å². The molecule has 1 rings (SSSR count). The molecule has 12 heteroatoms. The van der Waals surface area contributed by atoms with Gasteiger partial charge in [-0.25, -0.2) is 8.78 Å². The molecular formula is C16H20F8O4. The van der Waals surface area contributed by atoms with E-state index < -0.39 is 55.6 Å². The Bertz CT molecular complexity index is 545. The fourth-order valence-electron chi connectivity index (χ4n) is 2.51. The lowest BCUT2D eigenvalue weighted by Crippen LogP contribution is -2.59. The first-order valence-corrected chi connectivity index (χ1v) is 8.47. The number of rotatable bonds is 9. The molecule has 28 heavy (non-hydrogen) atoms. The summed E-state index contributed by atoms with van der Waals surface area (Å²) in [5, 5.41) is 0. The molecule has 1 aliphatic carbocycles. The average molecular weight is 428 g/mol. The van der Waals surface area contributed by atoms with Crippen molar-refractivity contribution >= 4 is 11.9 Å². The lowest BCUT2D eigenvalue weighted by molar-refractivity contribution is -0.344. The Hall–Kier alpha value is -1.62. The first-order chi connectivity index (χ1) is 12.7. The third-order valence-electron chi connectivity index (χ3n) is 4.36. The summed E-state index contributed by atoms with van der Waals surface area (Å²) in [5.74, 6) is -20.4. The molecule has 164 valence electrons. The third kappa shape index (κ3) is 5.94. The molecule has 1 saturated carbocycles. The van der Waals surface area contributed by atoms with Crippen molar-refractivity contribution in [3.63, 3.8) is 0 Å². The Kier molecular flexibility index (Phi) is 8.07. The molecule has 0 N–H and O–H groups in total. The van der Waals surface area contributed by atoms with E-state index in [1.165, 1.54) is 0 Å². The molecule has 0 heterocycles. The van der Waals surface area contributed by atoms with Crippen molar-refractivity contribution in [3.05, 3.63) is 0 Å². The normalized spacial score (nSPS) is 21.5. The highest BCUT2D eigenvalue weighted by Crippen LogP contribution is 2.48. The molecule has 0 atom stereocenters. The van der Waals surface area contributed by atoms with Crippen LogP contribution in [0.1, 0.15) is 45.4 Å². The highest BCUT2D eigenvalue weighted by atomic mass is 19.4. The topological polar surface area (TPSA) is 52.6 Å². The van der Waals surface area contributed by atoms with Gasteiger partial charge >= 0.3 is 36.1 Å². The van der Waals surface area contributed by atoms with Crippen molar-refractivity contribution in [2.24, 2.45) is 5.92 Å². The van der Waals surface area contributed by atoms with Crippen LogP contribution in [0.3, 0.4) is 0 Å². The summed E-state index contributed by atoms with van der Waals surface area (Å²) in [5.41, 5.74) is 0. The second kappa shape index (κ2) is 9.25. The zero-order valence-electron chi connectivity index (χ0n) is 14.8. The minimum absolute atomic E-state index is 0.348. The number of ether oxygens (including phenoxy) is 2. The molecule has 0 unspecified atom stereocenters. The highest BCUT2D eigenvalue weighted by molar-refractivity contribution is 5.77. The van der Waals surface area contributed by atoms with Gasteiger partial charge in [0.2, 0.25) is 0 Å². The number of alkyl halides is 8. The van der Waals surface area contributed by atoms with Gasteiger partial charge in [0.1, 0.15) is 6.10 Å². The van der Waals surface area contributed by atoms with E-state index in [-0.39, 0.29) is 6.10 Å². The Balaban J connectivity index is 2.45.